The van der Waals surface area contributed by atoms with Gasteiger partial charge in [0.25, 0.3) is 11.7 Å². The molecular formula is C25H18ClF2NO5. The second-order valence-electron chi connectivity index (χ2n) is 7.39. The molecule has 1 amide bonds. The molecule has 1 aliphatic rings. The minimum Gasteiger partial charge on any atom is -0.507 e. The number of ketones is 1. The molecule has 1 heterocycles. The number of hydrogen-bond acceptors (Lipinski definition) is 5. The van der Waals surface area contributed by atoms with E-state index in [4.69, 9.17) is 21.1 Å². The van der Waals surface area contributed by atoms with Gasteiger partial charge in [0.05, 0.1) is 36.4 Å². The van der Waals surface area contributed by atoms with Crippen molar-refractivity contribution in [3.8, 4) is 11.5 Å². The Morgan fingerprint density at radius 1 is 0.941 bits per heavy atom. The van der Waals surface area contributed by atoms with Crippen LogP contribution in [0, 0.1) is 11.6 Å². The van der Waals surface area contributed by atoms with Crippen LogP contribution in [0.25, 0.3) is 5.76 Å². The highest BCUT2D eigenvalue weighted by Crippen LogP contribution is 2.44. The zero-order chi connectivity index (χ0) is 24.6. The Balaban J connectivity index is 2.00. The summed E-state index contributed by atoms with van der Waals surface area (Å²) in [5.41, 5.74) is 0.180. The van der Waals surface area contributed by atoms with Gasteiger partial charge in [0.1, 0.15) is 28.9 Å². The van der Waals surface area contributed by atoms with Crippen LogP contribution < -0.4 is 14.4 Å². The molecule has 1 saturated heterocycles. The molecule has 1 N–H and O–H groups in total. The molecule has 0 spiro atoms. The van der Waals surface area contributed by atoms with Crippen LogP contribution in [0.5, 0.6) is 11.5 Å². The fourth-order valence-corrected chi connectivity index (χ4v) is 4.11. The number of carbonyl (C=O) groups is 2. The van der Waals surface area contributed by atoms with Gasteiger partial charge in [-0.15, -0.1) is 0 Å². The molecule has 34 heavy (non-hydrogen) atoms. The Kier molecular flexibility index (Phi) is 6.26. The first-order chi connectivity index (χ1) is 16.3. The number of nitrogens with zero attached hydrogens (tertiary/aromatic N) is 1. The number of aliphatic hydroxyl groups excluding tert-OH is 1. The highest BCUT2D eigenvalue weighted by molar-refractivity contribution is 6.51. The van der Waals surface area contributed by atoms with Crippen molar-refractivity contribution >= 4 is 34.7 Å². The summed E-state index contributed by atoms with van der Waals surface area (Å²) in [6.45, 7) is 0. The lowest BCUT2D eigenvalue weighted by Crippen LogP contribution is -2.29. The molecule has 3 aromatic rings. The highest BCUT2D eigenvalue weighted by atomic mass is 35.5. The number of anilines is 1. The molecular weight excluding hydrogens is 468 g/mol. The van der Waals surface area contributed by atoms with Crippen LogP contribution in [-0.2, 0) is 9.59 Å². The molecule has 1 fully saturated rings. The van der Waals surface area contributed by atoms with E-state index in [1.165, 1.54) is 56.7 Å². The second kappa shape index (κ2) is 9.15. The minimum absolute atomic E-state index is 0.0492. The van der Waals surface area contributed by atoms with Crippen molar-refractivity contribution in [2.75, 3.05) is 19.1 Å². The van der Waals surface area contributed by atoms with Gasteiger partial charge in [-0.3, -0.25) is 14.5 Å². The summed E-state index contributed by atoms with van der Waals surface area (Å²) in [6, 6.07) is 11.8. The molecule has 0 aliphatic carbocycles. The number of hydrogen-bond donors (Lipinski definition) is 1. The normalized spacial score (nSPS) is 17.2. The molecule has 0 bridgehead atoms. The predicted molar refractivity (Wildman–Crippen MR) is 122 cm³/mol. The van der Waals surface area contributed by atoms with Crippen LogP contribution in [-0.4, -0.2) is 31.0 Å². The predicted octanol–water partition coefficient (Wildman–Crippen LogP) is 5.26. The first-order valence-electron chi connectivity index (χ1n) is 10.0. The molecule has 4 rings (SSSR count). The quantitative estimate of drug-likeness (QED) is 0.303. The Morgan fingerprint density at radius 2 is 1.62 bits per heavy atom. The van der Waals surface area contributed by atoms with E-state index in [1.54, 1.807) is 0 Å². The summed E-state index contributed by atoms with van der Waals surface area (Å²) in [7, 11) is 2.72. The standard InChI is InChI=1S/C25H18ClF2NO5/c1-33-19-12-18(26)20(34-2)11-17(19)23(30)21-22(13-6-8-14(27)9-7-13)29(25(32)24(21)31)16-5-3-4-15(28)10-16/h3-12,22,30H,1-2H3/b23-21+. The molecule has 0 radical (unpaired) electrons. The van der Waals surface area contributed by atoms with Crippen molar-refractivity contribution in [2.24, 2.45) is 0 Å². The van der Waals surface area contributed by atoms with Crippen LogP contribution in [0.4, 0.5) is 14.5 Å². The van der Waals surface area contributed by atoms with E-state index in [9.17, 15) is 23.5 Å². The fraction of sp³-hybridized carbons (Fsp3) is 0.120. The van der Waals surface area contributed by atoms with Gasteiger partial charge in [-0.25, -0.2) is 8.78 Å². The number of benzene rings is 3. The summed E-state index contributed by atoms with van der Waals surface area (Å²) in [6.07, 6.45) is 0. The average Bonchev–Trinajstić information content (AvgIpc) is 3.09. The number of carbonyl (C=O) groups excluding carboxylic acids is 2. The monoisotopic (exact) mass is 485 g/mol. The molecule has 174 valence electrons. The zero-order valence-corrected chi connectivity index (χ0v) is 18.8. The second-order valence-corrected chi connectivity index (χ2v) is 7.79. The highest BCUT2D eigenvalue weighted by Gasteiger charge is 2.47. The lowest BCUT2D eigenvalue weighted by molar-refractivity contribution is -0.132. The largest absolute Gasteiger partial charge is 0.507 e. The first kappa shape index (κ1) is 23.3. The van der Waals surface area contributed by atoms with Crippen LogP contribution in [0.3, 0.4) is 0 Å². The van der Waals surface area contributed by atoms with Gasteiger partial charge < -0.3 is 14.6 Å². The van der Waals surface area contributed by atoms with Crippen LogP contribution in [0.15, 0.2) is 66.2 Å². The van der Waals surface area contributed by atoms with Gasteiger partial charge in [-0.2, -0.15) is 0 Å². The van der Waals surface area contributed by atoms with Gasteiger partial charge >= 0.3 is 0 Å². The SMILES string of the molecule is COc1cc(/C(O)=C2\C(=O)C(=O)N(c3cccc(F)c3)C2c2ccc(F)cc2)c(OC)cc1Cl. The smallest absolute Gasteiger partial charge is 0.300 e. The van der Waals surface area contributed by atoms with Crippen molar-refractivity contribution in [1.29, 1.82) is 0 Å². The van der Waals surface area contributed by atoms with Gasteiger partial charge in [0, 0.05) is 11.8 Å². The van der Waals surface area contributed by atoms with Crippen molar-refractivity contribution in [1.82, 2.24) is 0 Å². The third-order valence-corrected chi connectivity index (χ3v) is 5.74. The lowest BCUT2D eigenvalue weighted by atomic mass is 9.94. The van der Waals surface area contributed by atoms with E-state index in [0.717, 1.165) is 23.1 Å². The summed E-state index contributed by atoms with van der Waals surface area (Å²) in [5.74, 6) is -3.39. The first-order valence-corrected chi connectivity index (χ1v) is 10.4. The van der Waals surface area contributed by atoms with Crippen molar-refractivity contribution in [3.63, 3.8) is 0 Å². The average molecular weight is 486 g/mol. The van der Waals surface area contributed by atoms with E-state index in [2.05, 4.69) is 0 Å². The van der Waals surface area contributed by atoms with Crippen molar-refractivity contribution in [3.05, 3.63) is 94.0 Å². The summed E-state index contributed by atoms with van der Waals surface area (Å²) in [4.78, 5) is 27.3. The van der Waals surface area contributed by atoms with Crippen LogP contribution in [0.2, 0.25) is 5.02 Å². The number of amides is 1. The van der Waals surface area contributed by atoms with E-state index >= 15 is 0 Å². The Labute approximate surface area is 198 Å². The van der Waals surface area contributed by atoms with E-state index in [-0.39, 0.29) is 33.3 Å². The van der Waals surface area contributed by atoms with Gasteiger partial charge in [-0.1, -0.05) is 29.8 Å². The van der Waals surface area contributed by atoms with Crippen molar-refractivity contribution in [2.45, 2.75) is 6.04 Å². The number of halogens is 3. The topological polar surface area (TPSA) is 76.1 Å². The summed E-state index contributed by atoms with van der Waals surface area (Å²) in [5, 5.41) is 11.5. The Hall–Kier alpha value is -3.91. The third-order valence-electron chi connectivity index (χ3n) is 5.45. The van der Waals surface area contributed by atoms with Gasteiger partial charge in [-0.05, 0) is 42.0 Å². The Morgan fingerprint density at radius 3 is 2.24 bits per heavy atom. The summed E-state index contributed by atoms with van der Waals surface area (Å²) >= 11 is 6.15. The summed E-state index contributed by atoms with van der Waals surface area (Å²) < 4.78 is 38.1. The number of rotatable bonds is 5. The van der Waals surface area contributed by atoms with E-state index in [0.29, 0.717) is 5.56 Å². The fourth-order valence-electron chi connectivity index (χ4n) is 3.88. The van der Waals surface area contributed by atoms with Gasteiger partial charge in [0.2, 0.25) is 0 Å². The molecule has 1 aliphatic heterocycles. The maximum atomic E-state index is 14.0. The molecule has 1 unspecified atom stereocenters. The number of methoxy groups -OCH3 is 2. The number of ether oxygens (including phenoxy) is 2. The number of Topliss-reactive ketones (excluding diaryl/α,β-unsaturated/α-hetero) is 1. The van der Waals surface area contributed by atoms with E-state index < -0.39 is 35.1 Å². The maximum absolute atomic E-state index is 14.0. The molecule has 1 atom stereocenters. The molecule has 0 saturated carbocycles. The molecule has 0 aromatic heterocycles. The molecule has 6 nitrogen and oxygen atoms in total. The Bertz CT molecular complexity index is 1320. The van der Waals surface area contributed by atoms with Gasteiger partial charge in [0.15, 0.2) is 0 Å². The maximum Gasteiger partial charge on any atom is 0.300 e. The van der Waals surface area contributed by atoms with E-state index in [1.807, 2.05) is 0 Å². The van der Waals surface area contributed by atoms with Crippen LogP contribution >= 0.6 is 11.6 Å². The molecule has 9 heteroatoms. The third kappa shape index (κ3) is 3.97. The lowest BCUT2D eigenvalue weighted by Gasteiger charge is -2.25. The zero-order valence-electron chi connectivity index (χ0n) is 18.0. The number of aliphatic hydroxyl groups is 1. The minimum atomic E-state index is -1.17. The molecule has 3 aromatic carbocycles. The van der Waals surface area contributed by atoms with Crippen LogP contribution in [0.1, 0.15) is 17.2 Å². The van der Waals surface area contributed by atoms with Crippen molar-refractivity contribution < 1.29 is 33.0 Å².